The molecule has 9 nitrogen and oxygen atoms in total. The Bertz CT molecular complexity index is 8230. The van der Waals surface area contributed by atoms with Gasteiger partial charge in [0.25, 0.3) is 0 Å². The molecule has 8 aromatic heterocycles. The maximum absolute atomic E-state index is 6.75. The molecular formula is C112H68N8OS. The largest absolute Gasteiger partial charge is 0.454 e. The molecule has 26 aromatic rings. The molecule has 26 rings (SSSR count). The van der Waals surface area contributed by atoms with Gasteiger partial charge in [0.05, 0.1) is 71.3 Å². The molecule has 0 aliphatic heterocycles. The maximum Gasteiger partial charge on any atom is 0.160 e. The van der Waals surface area contributed by atoms with Gasteiger partial charge in [0.2, 0.25) is 0 Å². The highest BCUT2D eigenvalue weighted by atomic mass is 32.1. The van der Waals surface area contributed by atoms with Crippen molar-refractivity contribution >= 4 is 162 Å². The number of hydrogen-bond acceptors (Lipinski definition) is 6. The maximum atomic E-state index is 6.75. The highest BCUT2D eigenvalue weighted by Crippen LogP contribution is 2.48. The van der Waals surface area contributed by atoms with Crippen LogP contribution in [0.3, 0.4) is 0 Å². The molecule has 0 amide bonds. The predicted octanol–water partition coefficient (Wildman–Crippen LogP) is 29.9. The number of rotatable bonds is 10. The summed E-state index contributed by atoms with van der Waals surface area (Å²) in [6, 6.07) is 147. The molecule has 0 bridgehead atoms. The first-order valence-corrected chi connectivity index (χ1v) is 42.1. The Kier molecular flexibility index (Phi) is 15.7. The second kappa shape index (κ2) is 27.8. The second-order valence-corrected chi connectivity index (χ2v) is 32.6. The molecule has 8 heterocycles. The molecule has 0 aliphatic carbocycles. The van der Waals surface area contributed by atoms with E-state index in [9.17, 15) is 0 Å². The third kappa shape index (κ3) is 11.0. The zero-order valence-corrected chi connectivity index (χ0v) is 66.5. The summed E-state index contributed by atoms with van der Waals surface area (Å²) < 4.78 is 18.9. The number of furan rings is 1. The first kappa shape index (κ1) is 69.0. The lowest BCUT2D eigenvalue weighted by atomic mass is 10.0. The Morgan fingerprint density at radius 1 is 0.205 bits per heavy atom. The third-order valence-electron chi connectivity index (χ3n) is 24.7. The lowest BCUT2D eigenvalue weighted by Crippen LogP contribution is -1.97. The van der Waals surface area contributed by atoms with Crippen LogP contribution in [0.2, 0.25) is 0 Å². The van der Waals surface area contributed by atoms with Crippen LogP contribution >= 0.6 is 11.3 Å². The van der Waals surface area contributed by atoms with Crippen LogP contribution in [-0.2, 0) is 0 Å². The van der Waals surface area contributed by atoms with E-state index in [1.807, 2.05) is 47.7 Å². The van der Waals surface area contributed by atoms with Crippen LogP contribution in [0.5, 0.6) is 0 Å². The number of fused-ring (bicyclic) bond motifs is 22. The minimum absolute atomic E-state index is 0.694. The lowest BCUT2D eigenvalue weighted by Gasteiger charge is -2.12. The van der Waals surface area contributed by atoms with Crippen molar-refractivity contribution in [2.45, 2.75) is 0 Å². The van der Waals surface area contributed by atoms with E-state index < -0.39 is 0 Å². The molecule has 0 radical (unpaired) electrons. The number of nitrogens with zero attached hydrogens (tertiary/aromatic N) is 8. The van der Waals surface area contributed by atoms with Crippen molar-refractivity contribution in [2.24, 2.45) is 0 Å². The smallest absolute Gasteiger partial charge is 0.160 e. The van der Waals surface area contributed by atoms with E-state index in [2.05, 4.69) is 394 Å². The van der Waals surface area contributed by atoms with Crippen LogP contribution in [0.1, 0.15) is 0 Å². The van der Waals surface area contributed by atoms with Gasteiger partial charge in [0.15, 0.2) is 17.2 Å². The first-order valence-electron chi connectivity index (χ1n) is 41.3. The fourth-order valence-corrected chi connectivity index (χ4v) is 20.3. The normalized spacial score (nSPS) is 11.9. The van der Waals surface area contributed by atoms with Gasteiger partial charge < -0.3 is 22.7 Å². The average molecular weight is 1570 g/mol. The van der Waals surface area contributed by atoms with E-state index in [1.165, 1.54) is 102 Å². The Labute approximate surface area is 703 Å². The minimum Gasteiger partial charge on any atom is -0.454 e. The van der Waals surface area contributed by atoms with Crippen molar-refractivity contribution < 1.29 is 4.42 Å². The third-order valence-corrected chi connectivity index (χ3v) is 25.8. The molecule has 0 aliphatic rings. The number of aromatic nitrogens is 8. The van der Waals surface area contributed by atoms with Gasteiger partial charge >= 0.3 is 0 Å². The van der Waals surface area contributed by atoms with Gasteiger partial charge in [-0.3, -0.25) is 0 Å². The van der Waals surface area contributed by atoms with Gasteiger partial charge in [0.1, 0.15) is 5.58 Å². The van der Waals surface area contributed by atoms with Crippen molar-refractivity contribution in [3.8, 4) is 90.3 Å². The van der Waals surface area contributed by atoms with E-state index in [1.54, 1.807) is 0 Å². The van der Waals surface area contributed by atoms with Gasteiger partial charge in [-0.15, -0.1) is 11.3 Å². The summed E-state index contributed by atoms with van der Waals surface area (Å²) in [7, 11) is 0. The van der Waals surface area contributed by atoms with Crippen molar-refractivity contribution in [2.75, 3.05) is 0 Å². The van der Waals surface area contributed by atoms with E-state index in [0.717, 1.165) is 128 Å². The van der Waals surface area contributed by atoms with E-state index >= 15 is 0 Å². The zero-order chi connectivity index (χ0) is 80.0. The van der Waals surface area contributed by atoms with Gasteiger partial charge in [-0.05, 0) is 186 Å². The Morgan fingerprint density at radius 3 is 1.04 bits per heavy atom. The summed E-state index contributed by atoms with van der Waals surface area (Å²) in [5, 5.41) is 16.6. The first-order chi connectivity index (χ1) is 60.5. The molecule has 0 fully saturated rings. The Balaban J connectivity index is 0.000000134. The average Bonchev–Trinajstić information content (AvgIpc) is 1.56. The van der Waals surface area contributed by atoms with E-state index in [0.29, 0.717) is 11.6 Å². The molecule has 0 N–H and O–H groups in total. The van der Waals surface area contributed by atoms with Crippen molar-refractivity contribution in [1.82, 2.24) is 38.2 Å². The van der Waals surface area contributed by atoms with Crippen LogP contribution in [0.4, 0.5) is 0 Å². The summed E-state index contributed by atoms with van der Waals surface area (Å²) in [6.07, 6.45) is 0. The molecule has 18 aromatic carbocycles. The van der Waals surface area contributed by atoms with Crippen LogP contribution in [0.25, 0.3) is 241 Å². The number of para-hydroxylation sites is 7. The molecular weight excluding hydrogens is 1510 g/mol. The molecule has 0 spiro atoms. The Hall–Kier alpha value is -16.1. The summed E-state index contributed by atoms with van der Waals surface area (Å²) in [5.74, 6) is 1.41. The van der Waals surface area contributed by atoms with E-state index in [-0.39, 0.29) is 0 Å². The fourth-order valence-electron chi connectivity index (χ4n) is 19.0. The topological polar surface area (TPSA) is 84.4 Å². The minimum atomic E-state index is 0.694. The fraction of sp³-hybridized carbons (Fsp3) is 0. The summed E-state index contributed by atoms with van der Waals surface area (Å²) in [4.78, 5) is 20.4. The zero-order valence-electron chi connectivity index (χ0n) is 65.7. The van der Waals surface area contributed by atoms with Crippen LogP contribution in [0, 0.1) is 0 Å². The van der Waals surface area contributed by atoms with Gasteiger partial charge in [0, 0.05) is 125 Å². The highest BCUT2D eigenvalue weighted by molar-refractivity contribution is 7.26. The summed E-state index contributed by atoms with van der Waals surface area (Å²) in [5.41, 5.74) is 28.1. The number of thiophene rings is 1. The summed E-state index contributed by atoms with van der Waals surface area (Å²) in [6.45, 7) is 0. The molecule has 0 atom stereocenters. The standard InChI is InChI=1S/C56H34N4O.C56H34N4S/c2*1-3-13-35(14-4-1)53-45-19-7-10-20-48(45)57-56(58-53)36-23-27-40(28-24-36)60-51-32-26-38(34-47(51)43-29-30-44-42-18-9-12-22-52(42)61-55(44)54(43)60)37-25-31-50-46(33-37)41-17-8-11-21-49(41)59(50)39-15-5-2-6-16-39/h2*1-34H. The SMILES string of the molecule is c1ccc(-c2nc(-c3ccc(-n4c5ccc(-c6ccc7c(c6)c6ccccc6n7-c6ccccc6)cc5c5ccc6c7ccccc7oc6c54)cc3)nc3ccccc23)cc1.c1ccc(-c2nc(-c3ccc(-n4c5ccc(-c6ccc7c(c6)c6ccccc6n7-c6ccccc6)cc5c5ccc6c7ccccc7sc6c54)cc3)nc3ccccc23)cc1. The van der Waals surface area contributed by atoms with Crippen LogP contribution < -0.4 is 0 Å². The number of hydrogen-bond donors (Lipinski definition) is 0. The monoisotopic (exact) mass is 1570 g/mol. The van der Waals surface area contributed by atoms with Gasteiger partial charge in [-0.1, -0.05) is 249 Å². The summed E-state index contributed by atoms with van der Waals surface area (Å²) >= 11 is 1.88. The quantitative estimate of drug-likeness (QED) is 0.136. The van der Waals surface area contributed by atoms with E-state index in [4.69, 9.17) is 24.4 Å². The molecule has 10 heteroatoms. The molecule has 568 valence electrons. The number of benzene rings is 18. The Morgan fingerprint density at radius 2 is 0.549 bits per heavy atom. The molecule has 122 heavy (non-hydrogen) atoms. The predicted molar refractivity (Wildman–Crippen MR) is 509 cm³/mol. The molecule has 0 saturated heterocycles. The van der Waals surface area contributed by atoms with Gasteiger partial charge in [-0.25, -0.2) is 19.9 Å². The molecule has 0 unspecified atom stereocenters. The lowest BCUT2D eigenvalue weighted by molar-refractivity contribution is 0.671. The van der Waals surface area contributed by atoms with Crippen molar-refractivity contribution in [3.05, 3.63) is 413 Å². The van der Waals surface area contributed by atoms with Crippen molar-refractivity contribution in [1.29, 1.82) is 0 Å². The second-order valence-electron chi connectivity index (χ2n) is 31.5. The van der Waals surface area contributed by atoms with Crippen LogP contribution in [0.15, 0.2) is 417 Å². The van der Waals surface area contributed by atoms with Crippen LogP contribution in [-0.4, -0.2) is 38.2 Å². The van der Waals surface area contributed by atoms with Crippen molar-refractivity contribution in [3.63, 3.8) is 0 Å². The molecule has 0 saturated carbocycles. The van der Waals surface area contributed by atoms with Gasteiger partial charge in [-0.2, -0.15) is 0 Å². The highest BCUT2D eigenvalue weighted by Gasteiger charge is 2.25.